The van der Waals surface area contributed by atoms with Crippen LogP contribution in [0.4, 0.5) is 5.00 Å². The molecular weight excluding hydrogens is 645 g/mol. The van der Waals surface area contributed by atoms with Gasteiger partial charge in [0.25, 0.3) is 0 Å². The maximum atomic E-state index is 14.5. The minimum absolute atomic E-state index is 0.0792. The molecule has 268 valence electrons. The van der Waals surface area contributed by atoms with Gasteiger partial charge in [-0.3, -0.25) is 13.9 Å². The van der Waals surface area contributed by atoms with Gasteiger partial charge in [0.2, 0.25) is 17.5 Å². The lowest BCUT2D eigenvalue weighted by Crippen LogP contribution is -2.31. The maximum Gasteiger partial charge on any atom is 0.330 e. The Hall–Kier alpha value is -3.77. The number of methoxy groups -OCH3 is 2. The molecule has 49 heavy (non-hydrogen) atoms. The number of nitrogens with two attached hydrogens (primary N) is 2. The van der Waals surface area contributed by atoms with Crippen LogP contribution in [0, 0.1) is 11.3 Å². The number of rotatable bonds is 15. The first-order valence-corrected chi connectivity index (χ1v) is 18.2. The van der Waals surface area contributed by atoms with E-state index in [0.717, 1.165) is 42.7 Å². The van der Waals surface area contributed by atoms with Gasteiger partial charge in [-0.2, -0.15) is 10.2 Å². The van der Waals surface area contributed by atoms with E-state index in [4.69, 9.17) is 35.6 Å². The summed E-state index contributed by atoms with van der Waals surface area (Å²) < 4.78 is 20.1. The molecule has 2 atom stereocenters. The number of hydrogen-bond acceptors (Lipinski definition) is 12. The first-order valence-electron chi connectivity index (χ1n) is 17.4. The number of allylic oxidation sites excluding steroid dienone is 2. The third-order valence-electron chi connectivity index (χ3n) is 9.26. The molecule has 4 N–H and O–H groups in total. The van der Waals surface area contributed by atoms with Crippen LogP contribution in [0.25, 0.3) is 11.2 Å². The first-order chi connectivity index (χ1) is 23.7. The number of ether oxygens (including phenoxy) is 3. The summed E-state index contributed by atoms with van der Waals surface area (Å²) in [6, 6.07) is 2.44. The Morgan fingerprint density at radius 3 is 2.51 bits per heavy atom. The minimum Gasteiger partial charge on any atom is -0.474 e. The number of Topliss-reactive ketones (excluding diaryl/α,β-unsaturated/α-hetero) is 1. The quantitative estimate of drug-likeness (QED) is 0.129. The lowest BCUT2D eigenvalue weighted by molar-refractivity contribution is 0.101. The molecule has 0 spiro atoms. The Labute approximate surface area is 292 Å². The normalized spacial score (nSPS) is 18.1. The van der Waals surface area contributed by atoms with Gasteiger partial charge in [0.05, 0.1) is 18.7 Å². The number of aryl methyl sites for hydroxylation is 2. The summed E-state index contributed by atoms with van der Waals surface area (Å²) in [5.41, 5.74) is 15.7. The van der Waals surface area contributed by atoms with Gasteiger partial charge >= 0.3 is 5.69 Å². The second kappa shape index (κ2) is 17.8. The Bertz CT molecular complexity index is 1740. The fourth-order valence-electron chi connectivity index (χ4n) is 6.79. The van der Waals surface area contributed by atoms with Crippen LogP contribution in [-0.4, -0.2) is 83.5 Å². The topological polar surface area (TPSA) is 177 Å². The molecule has 1 saturated heterocycles. The zero-order chi connectivity index (χ0) is 35.7. The molecule has 13 nitrogen and oxygen atoms in total. The van der Waals surface area contributed by atoms with E-state index < -0.39 is 5.78 Å². The first kappa shape index (κ1) is 38.0. The van der Waals surface area contributed by atoms with Gasteiger partial charge in [-0.1, -0.05) is 27.2 Å². The number of nitriles is 1. The summed E-state index contributed by atoms with van der Waals surface area (Å²) in [5, 5.41) is 10.4. The molecule has 0 saturated carbocycles. The van der Waals surface area contributed by atoms with Gasteiger partial charge in [0, 0.05) is 55.5 Å². The predicted molar refractivity (Wildman–Crippen MR) is 192 cm³/mol. The van der Waals surface area contributed by atoms with Crippen LogP contribution < -0.4 is 21.9 Å². The van der Waals surface area contributed by atoms with Crippen LogP contribution in [0.1, 0.15) is 98.3 Å². The Morgan fingerprint density at radius 1 is 1.10 bits per heavy atom. The highest BCUT2D eigenvalue weighted by Crippen LogP contribution is 2.45. The molecule has 1 fully saturated rings. The number of hydrogen-bond donors (Lipinski definition) is 2. The van der Waals surface area contributed by atoms with Crippen molar-refractivity contribution in [2.75, 3.05) is 53.4 Å². The van der Waals surface area contributed by atoms with Crippen LogP contribution in [0.15, 0.2) is 16.1 Å². The fourth-order valence-corrected chi connectivity index (χ4v) is 7.92. The average molecular weight is 697 g/mol. The highest BCUT2D eigenvalue weighted by molar-refractivity contribution is 7.16. The van der Waals surface area contributed by atoms with Crippen LogP contribution in [-0.2, 0) is 29.0 Å². The van der Waals surface area contributed by atoms with Crippen molar-refractivity contribution >= 4 is 33.3 Å². The number of imidazole rings is 1. The Kier molecular flexibility index (Phi) is 13.8. The number of fused-ring (bicyclic) bond motifs is 2. The van der Waals surface area contributed by atoms with E-state index in [0.29, 0.717) is 85.0 Å². The smallest absolute Gasteiger partial charge is 0.330 e. The molecular formula is C35H52N8O5S. The van der Waals surface area contributed by atoms with Gasteiger partial charge in [0.15, 0.2) is 11.2 Å². The molecule has 2 unspecified atom stereocenters. The van der Waals surface area contributed by atoms with Crippen molar-refractivity contribution in [1.29, 1.82) is 5.26 Å². The molecule has 1 aliphatic heterocycles. The number of carbonyl (C=O) groups is 1. The summed E-state index contributed by atoms with van der Waals surface area (Å²) in [4.78, 5) is 41.1. The summed E-state index contributed by atoms with van der Waals surface area (Å²) in [5.74, 6) is -0.621. The average Bonchev–Trinajstić information content (AvgIpc) is 3.76. The lowest BCUT2D eigenvalue weighted by atomic mass is 9.80. The summed E-state index contributed by atoms with van der Waals surface area (Å²) in [6.45, 7) is 8.65. The fraction of sp³-hybridized carbons (Fsp3) is 0.629. The van der Waals surface area contributed by atoms with Gasteiger partial charge in [-0.25, -0.2) is 9.78 Å². The van der Waals surface area contributed by atoms with Gasteiger partial charge < -0.3 is 30.6 Å². The molecule has 0 amide bonds. The van der Waals surface area contributed by atoms with Gasteiger partial charge in [0.1, 0.15) is 17.7 Å². The number of likely N-dealkylation sites (N-methyl/N-ethyl adjacent to an activating group) is 1. The van der Waals surface area contributed by atoms with E-state index in [-0.39, 0.29) is 35.9 Å². The molecule has 14 heteroatoms. The van der Waals surface area contributed by atoms with Crippen molar-refractivity contribution in [2.45, 2.75) is 97.2 Å². The second-order valence-electron chi connectivity index (χ2n) is 12.3. The number of thiophene rings is 1. The van der Waals surface area contributed by atoms with E-state index in [1.807, 2.05) is 20.8 Å². The highest BCUT2D eigenvalue weighted by Gasteiger charge is 2.33. The summed E-state index contributed by atoms with van der Waals surface area (Å²) >= 11 is 1.43. The van der Waals surface area contributed by atoms with Crippen molar-refractivity contribution in [1.82, 2.24) is 24.0 Å². The second-order valence-corrected chi connectivity index (χ2v) is 13.4. The number of likely N-dealkylation sites (tertiary alicyclic amines) is 1. The molecule has 5 rings (SSSR count). The largest absolute Gasteiger partial charge is 0.474 e. The number of anilines is 1. The number of carbonyl (C=O) groups excluding carboxylic acids is 1. The Balaban J connectivity index is 0.00000265. The molecule has 3 aromatic heterocycles. The third kappa shape index (κ3) is 8.01. The van der Waals surface area contributed by atoms with Crippen molar-refractivity contribution < 1.29 is 19.0 Å². The zero-order valence-electron chi connectivity index (χ0n) is 29.8. The third-order valence-corrected chi connectivity index (χ3v) is 10.4. The summed E-state index contributed by atoms with van der Waals surface area (Å²) in [7, 11) is 5.25. The molecule has 0 bridgehead atoms. The SMILES string of the molecule is CC.CCC/C(C(=O)c1nc(OCC2CCCN2C)c2c(n1)n(CCCOC)c(=O)n2CCOC)=C(/N)C1CCCc2sc(N)c(C#N)c21. The van der Waals surface area contributed by atoms with E-state index in [2.05, 4.69) is 18.0 Å². The highest BCUT2D eigenvalue weighted by atomic mass is 32.1. The maximum absolute atomic E-state index is 14.5. The van der Waals surface area contributed by atoms with Crippen molar-refractivity contribution in [3.05, 3.63) is 43.6 Å². The van der Waals surface area contributed by atoms with E-state index in [1.54, 1.807) is 23.4 Å². The number of ketones is 1. The summed E-state index contributed by atoms with van der Waals surface area (Å²) in [6.07, 6.45) is 6.07. The van der Waals surface area contributed by atoms with Crippen LogP contribution >= 0.6 is 11.3 Å². The number of nitrogen functional groups attached to an aromatic ring is 1. The van der Waals surface area contributed by atoms with Crippen molar-refractivity contribution in [2.24, 2.45) is 5.73 Å². The molecule has 0 radical (unpaired) electrons. The van der Waals surface area contributed by atoms with Crippen LogP contribution in [0.3, 0.4) is 0 Å². The van der Waals surface area contributed by atoms with Crippen molar-refractivity contribution in [3.63, 3.8) is 0 Å². The van der Waals surface area contributed by atoms with E-state index in [1.165, 1.54) is 11.3 Å². The minimum atomic E-state index is -0.413. The standard InChI is InChI=1S/C33H46N8O5S.C2H6/c1-5-9-22(26(35)21-11-6-12-24-25(21)23(18-34)29(36)47-24)28(42)30-37-31-27(32(38-30)46-19-20-10-7-13-39(20)2)40(15-17-45-4)33(43)41(31)14-8-16-44-3;1-2/h20-21H,5-17,19,35-36H2,1-4H3;1-2H3/b26-22-;. The molecule has 0 aromatic carbocycles. The van der Waals surface area contributed by atoms with Crippen LogP contribution in [0.5, 0.6) is 5.88 Å². The molecule has 2 aliphatic rings. The van der Waals surface area contributed by atoms with Gasteiger partial charge in [-0.15, -0.1) is 11.3 Å². The van der Waals surface area contributed by atoms with Crippen molar-refractivity contribution in [3.8, 4) is 11.9 Å². The predicted octanol–water partition coefficient (Wildman–Crippen LogP) is 4.61. The van der Waals surface area contributed by atoms with E-state index >= 15 is 0 Å². The monoisotopic (exact) mass is 696 g/mol. The van der Waals surface area contributed by atoms with Crippen LogP contribution in [0.2, 0.25) is 0 Å². The zero-order valence-corrected chi connectivity index (χ0v) is 30.7. The molecule has 1 aliphatic carbocycles. The van der Waals surface area contributed by atoms with E-state index in [9.17, 15) is 14.9 Å². The Morgan fingerprint density at radius 2 is 1.86 bits per heavy atom. The lowest BCUT2D eigenvalue weighted by Gasteiger charge is -2.25. The molecule has 4 heterocycles. The van der Waals surface area contributed by atoms with Gasteiger partial charge in [-0.05, 0) is 64.1 Å². The molecule has 3 aromatic rings. The number of nitrogens with zero attached hydrogens (tertiary/aromatic N) is 6. The number of aromatic nitrogens is 4.